The number of hydrogen-bond acceptors (Lipinski definition) is 4. The summed E-state index contributed by atoms with van der Waals surface area (Å²) in [6, 6.07) is 23.6. The molecule has 0 saturated heterocycles. The van der Waals surface area contributed by atoms with Crippen molar-refractivity contribution in [3.8, 4) is 11.1 Å². The molecule has 0 aliphatic rings. The van der Waals surface area contributed by atoms with Crippen LogP contribution in [-0.4, -0.2) is 19.2 Å². The minimum Gasteiger partial charge on any atom is -0.461 e. The molecule has 4 nitrogen and oxygen atoms in total. The Hall–Kier alpha value is -4.12. The van der Waals surface area contributed by atoms with Crippen LogP contribution < -0.4 is 10.2 Å². The highest BCUT2D eigenvalue weighted by Crippen LogP contribution is 2.33. The zero-order chi connectivity index (χ0) is 28.6. The molecular weight excluding hydrogens is 492 g/mol. The monoisotopic (exact) mass is 532 g/mol. The molecule has 3 atom stereocenters. The van der Waals surface area contributed by atoms with Crippen LogP contribution in [0.25, 0.3) is 28.2 Å². The van der Waals surface area contributed by atoms with Crippen LogP contribution in [0.4, 0.5) is 11.4 Å². The van der Waals surface area contributed by atoms with Crippen molar-refractivity contribution in [2.45, 2.75) is 46.1 Å². The lowest BCUT2D eigenvalue weighted by atomic mass is 10.0. The lowest BCUT2D eigenvalue weighted by Crippen LogP contribution is -2.32. The number of furan rings is 1. The number of benzene rings is 3. The van der Waals surface area contributed by atoms with Gasteiger partial charge in [0.2, 0.25) is 0 Å². The normalized spacial score (nSPS) is 14.0. The maximum atomic E-state index is 6.27. The smallest absolute Gasteiger partial charge is 0.135 e. The van der Waals surface area contributed by atoms with Crippen LogP contribution in [0.5, 0.6) is 0 Å². The predicted octanol–water partition coefficient (Wildman–Crippen LogP) is 9.52. The highest BCUT2D eigenvalue weighted by atomic mass is 16.5. The summed E-state index contributed by atoms with van der Waals surface area (Å²) in [4.78, 5) is 2.18. The summed E-state index contributed by atoms with van der Waals surface area (Å²) in [5.74, 6) is 0.907. The molecule has 0 radical (unpaired) electrons. The van der Waals surface area contributed by atoms with Gasteiger partial charge in [-0.2, -0.15) is 0 Å². The van der Waals surface area contributed by atoms with Crippen molar-refractivity contribution in [1.82, 2.24) is 5.32 Å². The molecule has 3 unspecified atom stereocenters. The van der Waals surface area contributed by atoms with E-state index in [-0.39, 0.29) is 18.4 Å². The van der Waals surface area contributed by atoms with Gasteiger partial charge >= 0.3 is 0 Å². The Morgan fingerprint density at radius 2 is 1.57 bits per heavy atom. The fourth-order valence-corrected chi connectivity index (χ4v) is 4.74. The predicted molar refractivity (Wildman–Crippen MR) is 171 cm³/mol. The topological polar surface area (TPSA) is 37.6 Å². The minimum absolute atomic E-state index is 0.00551. The maximum Gasteiger partial charge on any atom is 0.135 e. The second-order valence-corrected chi connectivity index (χ2v) is 10.0. The molecule has 1 N–H and O–H groups in total. The molecule has 0 aliphatic heterocycles. The summed E-state index contributed by atoms with van der Waals surface area (Å²) in [5.41, 5.74) is 7.53. The molecule has 206 valence electrons. The average molecular weight is 533 g/mol. The summed E-state index contributed by atoms with van der Waals surface area (Å²) < 4.78 is 12.3. The highest BCUT2D eigenvalue weighted by Gasteiger charge is 2.17. The van der Waals surface area contributed by atoms with Gasteiger partial charge in [0.25, 0.3) is 0 Å². The first-order chi connectivity index (χ1) is 19.3. The molecule has 4 aromatic rings. The summed E-state index contributed by atoms with van der Waals surface area (Å²) in [6.45, 7) is 15.8. The van der Waals surface area contributed by atoms with Gasteiger partial charge in [-0.05, 0) is 80.8 Å². The number of allylic oxidation sites excluding steroid dienone is 3. The highest BCUT2D eigenvalue weighted by molar-refractivity contribution is 5.91. The summed E-state index contributed by atoms with van der Waals surface area (Å²) in [6.07, 6.45) is 11.5. The largest absolute Gasteiger partial charge is 0.461 e. The third-order valence-corrected chi connectivity index (χ3v) is 7.07. The van der Waals surface area contributed by atoms with Crippen molar-refractivity contribution < 1.29 is 9.15 Å². The van der Waals surface area contributed by atoms with Gasteiger partial charge in [0, 0.05) is 35.4 Å². The van der Waals surface area contributed by atoms with E-state index in [1.165, 1.54) is 0 Å². The summed E-state index contributed by atoms with van der Waals surface area (Å²) >= 11 is 0. The third kappa shape index (κ3) is 6.71. The standard InChI is InChI=1S/C36H40N2O2/c1-8-11-13-33-27(6)40-35-24-30(18-23-34(33)35)28-14-19-31(20-15-28)38(7)32-21-16-29(17-22-32)36(37-25(4)10-3)39-26(5)12-9-2/h8-26,36-37H,1,3H2,2,4-7H3/b12-9-,13-11-. The van der Waals surface area contributed by atoms with E-state index in [4.69, 9.17) is 9.15 Å². The van der Waals surface area contributed by atoms with Gasteiger partial charge in [-0.15, -0.1) is 6.58 Å². The molecule has 0 bridgehead atoms. The first-order valence-corrected chi connectivity index (χ1v) is 13.8. The van der Waals surface area contributed by atoms with Crippen LogP contribution in [0.15, 0.2) is 115 Å². The van der Waals surface area contributed by atoms with Gasteiger partial charge in [-0.1, -0.05) is 73.4 Å². The third-order valence-electron chi connectivity index (χ3n) is 7.07. The molecule has 0 amide bonds. The van der Waals surface area contributed by atoms with E-state index in [2.05, 4.69) is 104 Å². The van der Waals surface area contributed by atoms with Crippen molar-refractivity contribution in [1.29, 1.82) is 0 Å². The second kappa shape index (κ2) is 13.3. The van der Waals surface area contributed by atoms with Gasteiger partial charge in [-0.25, -0.2) is 0 Å². The van der Waals surface area contributed by atoms with Crippen molar-refractivity contribution in [2.75, 3.05) is 11.9 Å². The molecule has 0 fully saturated rings. The Bertz CT molecular complexity index is 1490. The van der Waals surface area contributed by atoms with Gasteiger partial charge in [0.05, 0.1) is 6.10 Å². The van der Waals surface area contributed by atoms with E-state index in [0.717, 1.165) is 50.4 Å². The zero-order valence-electron chi connectivity index (χ0n) is 24.2. The maximum absolute atomic E-state index is 6.27. The van der Waals surface area contributed by atoms with Crippen LogP contribution >= 0.6 is 0 Å². The fraction of sp³-hybridized carbons (Fsp3) is 0.222. The summed E-state index contributed by atoms with van der Waals surface area (Å²) in [7, 11) is 2.08. The lowest BCUT2D eigenvalue weighted by Gasteiger charge is -2.26. The van der Waals surface area contributed by atoms with E-state index < -0.39 is 0 Å². The zero-order valence-corrected chi connectivity index (χ0v) is 24.2. The van der Waals surface area contributed by atoms with Crippen molar-refractivity contribution in [2.24, 2.45) is 0 Å². The molecule has 3 aromatic carbocycles. The van der Waals surface area contributed by atoms with E-state index in [1.807, 2.05) is 51.2 Å². The number of rotatable bonds is 12. The van der Waals surface area contributed by atoms with Gasteiger partial charge in [-0.3, -0.25) is 5.32 Å². The summed E-state index contributed by atoms with van der Waals surface area (Å²) in [5, 5.41) is 4.61. The molecule has 0 aliphatic carbocycles. The van der Waals surface area contributed by atoms with Crippen LogP contribution in [0, 0.1) is 6.92 Å². The number of ether oxygens (including phenoxy) is 1. The molecule has 4 rings (SSSR count). The average Bonchev–Trinajstić information content (AvgIpc) is 3.29. The molecule has 0 spiro atoms. The molecule has 0 saturated carbocycles. The Morgan fingerprint density at radius 1 is 0.925 bits per heavy atom. The molecule has 1 heterocycles. The van der Waals surface area contributed by atoms with Gasteiger partial charge < -0.3 is 14.1 Å². The lowest BCUT2D eigenvalue weighted by molar-refractivity contribution is -0.00335. The first-order valence-electron chi connectivity index (χ1n) is 13.8. The van der Waals surface area contributed by atoms with E-state index >= 15 is 0 Å². The Kier molecular flexibility index (Phi) is 9.60. The molecule has 1 aromatic heterocycles. The number of aryl methyl sites for hydroxylation is 1. The number of nitrogens with zero attached hydrogens (tertiary/aromatic N) is 1. The van der Waals surface area contributed by atoms with Crippen LogP contribution in [0.1, 0.15) is 43.9 Å². The molecular formula is C36H40N2O2. The number of hydrogen-bond donors (Lipinski definition) is 1. The van der Waals surface area contributed by atoms with Crippen LogP contribution in [0.3, 0.4) is 0 Å². The molecule has 40 heavy (non-hydrogen) atoms. The van der Waals surface area contributed by atoms with Crippen LogP contribution in [-0.2, 0) is 4.74 Å². The number of fused-ring (bicyclic) bond motifs is 1. The molecule has 4 heteroatoms. The Morgan fingerprint density at radius 3 is 2.20 bits per heavy atom. The van der Waals surface area contributed by atoms with E-state index in [9.17, 15) is 0 Å². The Labute approximate surface area is 239 Å². The quantitative estimate of drug-likeness (QED) is 0.112. The van der Waals surface area contributed by atoms with E-state index in [1.54, 1.807) is 6.08 Å². The fourth-order valence-electron chi connectivity index (χ4n) is 4.74. The first kappa shape index (κ1) is 28.9. The minimum atomic E-state index is -0.234. The van der Waals surface area contributed by atoms with Crippen molar-refractivity contribution in [3.05, 3.63) is 127 Å². The van der Waals surface area contributed by atoms with Crippen molar-refractivity contribution >= 4 is 28.4 Å². The Balaban J connectivity index is 1.51. The second-order valence-electron chi connectivity index (χ2n) is 10.0. The van der Waals surface area contributed by atoms with Crippen molar-refractivity contribution in [3.63, 3.8) is 0 Å². The van der Waals surface area contributed by atoms with Crippen LogP contribution in [0.2, 0.25) is 0 Å². The van der Waals surface area contributed by atoms with E-state index in [0.29, 0.717) is 0 Å². The van der Waals surface area contributed by atoms with Gasteiger partial charge in [0.1, 0.15) is 17.6 Å². The number of anilines is 2. The number of nitrogens with one attached hydrogen (secondary N) is 1. The SMILES string of the molecule is C=C/C=C\c1c(C)oc2cc(-c3ccc(N(C)c4ccc(C(NC(C)C=C)OC(C)/C=C\C)cc4)cc3)ccc12. The van der Waals surface area contributed by atoms with Gasteiger partial charge in [0.15, 0.2) is 0 Å².